The van der Waals surface area contributed by atoms with Gasteiger partial charge in [0.1, 0.15) is 0 Å². The van der Waals surface area contributed by atoms with Gasteiger partial charge in [-0.2, -0.15) is 20.2 Å². The van der Waals surface area contributed by atoms with Gasteiger partial charge in [0.15, 0.2) is 0 Å². The normalized spacial score (nSPS) is 24.6. The molecule has 2 aromatic rings. The van der Waals surface area contributed by atoms with Crippen LogP contribution < -0.4 is 0 Å². The summed E-state index contributed by atoms with van der Waals surface area (Å²) in [6.07, 6.45) is -0.834. The molecular weight excluding hydrogens is 597 g/mol. The van der Waals surface area contributed by atoms with Crippen LogP contribution in [0.15, 0.2) is 70.9 Å². The molecule has 0 radical (unpaired) electrons. The first kappa shape index (κ1) is 27.4. The largest absolute Gasteiger partial charge is 0.365 e. The Morgan fingerprint density at radius 3 is 1.25 bits per heavy atom. The summed E-state index contributed by atoms with van der Waals surface area (Å²) in [6.45, 7) is 0. The molecule has 2 unspecified atom stereocenters. The maximum atomic E-state index is 13.4. The van der Waals surface area contributed by atoms with Crippen LogP contribution in [0.5, 0.6) is 0 Å². The summed E-state index contributed by atoms with van der Waals surface area (Å²) >= 11 is 36.1. The fraction of sp³-hybridized carbons (Fsp3) is 0.273. The highest BCUT2D eigenvalue weighted by molar-refractivity contribution is 6.69. The molecule has 0 aromatic heterocycles. The summed E-state index contributed by atoms with van der Waals surface area (Å²) in [4.78, 5) is 26.8. The van der Waals surface area contributed by atoms with E-state index in [9.17, 15) is 19.8 Å². The van der Waals surface area contributed by atoms with Crippen LogP contribution in [-0.2, 0) is 9.59 Å². The molecule has 2 aliphatic heterocycles. The van der Waals surface area contributed by atoms with E-state index in [-0.39, 0.29) is 11.4 Å². The van der Waals surface area contributed by atoms with Crippen LogP contribution >= 0.6 is 69.6 Å². The van der Waals surface area contributed by atoms with Crippen molar-refractivity contribution in [2.24, 2.45) is 10.2 Å². The lowest BCUT2D eigenvalue weighted by atomic mass is 10.0. The van der Waals surface area contributed by atoms with Crippen molar-refractivity contribution in [1.29, 1.82) is 0 Å². The molecule has 0 bridgehead atoms. The Hall–Kier alpha value is -1.62. The zero-order chi connectivity index (χ0) is 26.5. The quantitative estimate of drug-likeness (QED) is 0.388. The van der Waals surface area contributed by atoms with Crippen molar-refractivity contribution in [3.63, 3.8) is 0 Å². The Balaban J connectivity index is 1.76. The van der Waals surface area contributed by atoms with Crippen molar-refractivity contribution in [3.05, 3.63) is 71.8 Å². The van der Waals surface area contributed by atoms with E-state index in [0.717, 1.165) is 0 Å². The maximum Gasteiger partial charge on any atom is 0.336 e. The highest BCUT2D eigenvalue weighted by Crippen LogP contribution is 2.48. The van der Waals surface area contributed by atoms with Gasteiger partial charge in [0.2, 0.25) is 19.0 Å². The number of aliphatic hydroxyl groups is 2. The van der Waals surface area contributed by atoms with Crippen molar-refractivity contribution >= 4 is 92.8 Å². The van der Waals surface area contributed by atoms with Crippen LogP contribution in [0.4, 0.5) is 0 Å². The van der Waals surface area contributed by atoms with E-state index in [1.807, 2.05) is 0 Å². The lowest BCUT2D eigenvalue weighted by molar-refractivity contribution is -0.177. The van der Waals surface area contributed by atoms with E-state index in [2.05, 4.69) is 10.2 Å². The summed E-state index contributed by atoms with van der Waals surface area (Å²) in [5, 5.41) is 31.3. The lowest BCUT2D eigenvalue weighted by Crippen LogP contribution is -2.62. The number of hydrazone groups is 2. The Kier molecular flexibility index (Phi) is 7.31. The summed E-state index contributed by atoms with van der Waals surface area (Å²) in [7, 11) is 0. The van der Waals surface area contributed by atoms with E-state index >= 15 is 0 Å². The number of benzene rings is 2. The van der Waals surface area contributed by atoms with E-state index in [1.165, 1.54) is 0 Å². The van der Waals surface area contributed by atoms with Gasteiger partial charge in [-0.25, -0.2) is 0 Å². The van der Waals surface area contributed by atoms with Crippen LogP contribution in [0.3, 0.4) is 0 Å². The monoisotopic (exact) mass is 610 g/mol. The molecule has 0 fully saturated rings. The van der Waals surface area contributed by atoms with Gasteiger partial charge in [-0.05, 0) is 11.1 Å². The van der Waals surface area contributed by atoms with Gasteiger partial charge in [0, 0.05) is 12.8 Å². The second-order valence-electron chi connectivity index (χ2n) is 8.04. The molecule has 2 aromatic carbocycles. The maximum absolute atomic E-state index is 13.4. The number of hydrogen-bond acceptors (Lipinski definition) is 6. The average molecular weight is 613 g/mol. The fourth-order valence-corrected chi connectivity index (χ4v) is 4.60. The molecule has 0 spiro atoms. The summed E-state index contributed by atoms with van der Waals surface area (Å²) in [5.41, 5.74) is -3.76. The van der Waals surface area contributed by atoms with Crippen LogP contribution in [-0.4, -0.2) is 62.5 Å². The molecule has 8 nitrogen and oxygen atoms in total. The molecule has 0 saturated heterocycles. The molecule has 190 valence electrons. The molecule has 2 amide bonds. The Morgan fingerprint density at radius 1 is 0.667 bits per heavy atom. The van der Waals surface area contributed by atoms with Gasteiger partial charge in [-0.3, -0.25) is 9.59 Å². The molecule has 0 saturated carbocycles. The number of alkyl halides is 6. The number of amides is 2. The number of halogens is 6. The minimum atomic E-state index is -2.56. The summed E-state index contributed by atoms with van der Waals surface area (Å²) in [6, 6.07) is 16.9. The predicted molar refractivity (Wildman–Crippen MR) is 139 cm³/mol. The SMILES string of the molecule is O=C(C(=O)N1N=C(c2ccccc2)CC1(O)C(Cl)(Cl)Cl)N1N=C(c2ccccc2)CC1(O)C(Cl)(Cl)Cl. The molecule has 36 heavy (non-hydrogen) atoms. The number of rotatable bonds is 2. The first-order valence-electron chi connectivity index (χ1n) is 10.2. The minimum Gasteiger partial charge on any atom is -0.365 e. The second kappa shape index (κ2) is 9.60. The van der Waals surface area contributed by atoms with E-state index in [0.29, 0.717) is 21.1 Å². The van der Waals surface area contributed by atoms with Gasteiger partial charge in [0.05, 0.1) is 11.4 Å². The summed E-state index contributed by atoms with van der Waals surface area (Å²) in [5.74, 6) is -2.97. The fourth-order valence-electron chi connectivity index (χ4n) is 3.72. The second-order valence-corrected chi connectivity index (χ2v) is 12.6. The zero-order valence-electron chi connectivity index (χ0n) is 18.0. The van der Waals surface area contributed by atoms with Crippen molar-refractivity contribution in [1.82, 2.24) is 10.0 Å². The first-order valence-corrected chi connectivity index (χ1v) is 12.5. The van der Waals surface area contributed by atoms with Crippen LogP contribution in [0.1, 0.15) is 24.0 Å². The van der Waals surface area contributed by atoms with E-state index < -0.39 is 43.7 Å². The molecule has 2 aliphatic rings. The van der Waals surface area contributed by atoms with Crippen molar-refractivity contribution in [3.8, 4) is 0 Å². The zero-order valence-corrected chi connectivity index (χ0v) is 22.5. The van der Waals surface area contributed by atoms with Gasteiger partial charge in [-0.15, -0.1) is 0 Å². The van der Waals surface area contributed by atoms with Crippen LogP contribution in [0, 0.1) is 0 Å². The average Bonchev–Trinajstić information content (AvgIpc) is 3.38. The third-order valence-electron chi connectivity index (χ3n) is 5.66. The lowest BCUT2D eigenvalue weighted by Gasteiger charge is -2.39. The van der Waals surface area contributed by atoms with Crippen LogP contribution in [0.25, 0.3) is 0 Å². The van der Waals surface area contributed by atoms with Gasteiger partial charge in [0.25, 0.3) is 0 Å². The van der Waals surface area contributed by atoms with E-state index in [4.69, 9.17) is 69.6 Å². The smallest absolute Gasteiger partial charge is 0.336 e. The van der Waals surface area contributed by atoms with Crippen LogP contribution in [0.2, 0.25) is 0 Å². The molecular formula is C22H16Cl6N4O4. The Bertz CT molecular complexity index is 1150. The molecule has 2 N–H and O–H groups in total. The molecule has 0 aliphatic carbocycles. The molecule has 2 heterocycles. The number of carbonyl (C=O) groups is 2. The Labute approximate surface area is 235 Å². The standard InChI is InChI=1S/C22H16Cl6N4O4/c23-21(24,25)19(35)11-15(13-7-3-1-4-8-13)29-31(19)17(33)18(34)32-20(36,22(26,27)28)12-16(30-32)14-9-5-2-6-10-14/h1-10,35-36H,11-12H2. The van der Waals surface area contributed by atoms with E-state index in [1.54, 1.807) is 60.7 Å². The van der Waals surface area contributed by atoms with Crippen molar-refractivity contribution in [2.75, 3.05) is 0 Å². The molecule has 4 rings (SSSR count). The predicted octanol–water partition coefficient (Wildman–Crippen LogP) is 4.38. The first-order chi connectivity index (χ1) is 16.7. The topological polar surface area (TPSA) is 106 Å². The number of hydrogen-bond donors (Lipinski definition) is 2. The third kappa shape index (κ3) is 4.70. The van der Waals surface area contributed by atoms with Crippen molar-refractivity contribution in [2.45, 2.75) is 31.9 Å². The highest BCUT2D eigenvalue weighted by atomic mass is 35.6. The van der Waals surface area contributed by atoms with Gasteiger partial charge < -0.3 is 10.2 Å². The van der Waals surface area contributed by atoms with Gasteiger partial charge >= 0.3 is 11.8 Å². The van der Waals surface area contributed by atoms with Gasteiger partial charge in [-0.1, -0.05) is 130 Å². The third-order valence-corrected chi connectivity index (χ3v) is 7.48. The molecule has 2 atom stereocenters. The highest BCUT2D eigenvalue weighted by Gasteiger charge is 2.63. The number of carbonyl (C=O) groups excluding carboxylic acids is 2. The minimum absolute atomic E-state index is 0.164. The summed E-state index contributed by atoms with van der Waals surface area (Å²) < 4.78 is -4.98. The van der Waals surface area contributed by atoms with Crippen molar-refractivity contribution < 1.29 is 19.8 Å². The number of nitrogens with zero attached hydrogens (tertiary/aromatic N) is 4. The Morgan fingerprint density at radius 2 is 0.972 bits per heavy atom. The molecule has 14 heteroatoms.